The van der Waals surface area contributed by atoms with Crippen molar-refractivity contribution in [1.82, 2.24) is 5.06 Å². The van der Waals surface area contributed by atoms with E-state index in [1.165, 1.54) is 0 Å². The van der Waals surface area contributed by atoms with Crippen LogP contribution in [-0.2, 0) is 4.84 Å². The summed E-state index contributed by atoms with van der Waals surface area (Å²) in [5.41, 5.74) is 0. The van der Waals surface area contributed by atoms with Gasteiger partial charge >= 0.3 is 0 Å². The van der Waals surface area contributed by atoms with Crippen LogP contribution < -0.4 is 0 Å². The average molecular weight is 135 g/mol. The molecule has 0 fully saturated rings. The van der Waals surface area contributed by atoms with Gasteiger partial charge < -0.3 is 10.2 Å². The second-order valence-electron chi connectivity index (χ2n) is 1.60. The zero-order chi connectivity index (χ0) is 7.11. The summed E-state index contributed by atoms with van der Waals surface area (Å²) in [6.07, 6.45) is 0.872. The predicted octanol–water partition coefficient (Wildman–Crippen LogP) is -0.470. The van der Waals surface area contributed by atoms with Crippen LogP contribution in [0.5, 0.6) is 0 Å². The Hall–Kier alpha value is -0.160. The van der Waals surface area contributed by atoms with Gasteiger partial charge in [-0.2, -0.15) is 0 Å². The van der Waals surface area contributed by atoms with E-state index in [1.807, 2.05) is 6.92 Å². The van der Waals surface area contributed by atoms with E-state index in [0.29, 0.717) is 6.61 Å². The Morgan fingerprint density at radius 1 is 1.33 bits per heavy atom. The number of nitrogens with zero attached hydrogens (tertiary/aromatic N) is 1. The molecule has 0 bridgehead atoms. The van der Waals surface area contributed by atoms with E-state index in [-0.39, 0.29) is 13.5 Å². The molecule has 0 aromatic rings. The highest BCUT2D eigenvalue weighted by atomic mass is 16.7. The summed E-state index contributed by atoms with van der Waals surface area (Å²) in [7, 11) is 0. The summed E-state index contributed by atoms with van der Waals surface area (Å²) < 4.78 is 0. The molecule has 0 atom stereocenters. The van der Waals surface area contributed by atoms with E-state index in [2.05, 4.69) is 0 Å². The molecule has 4 heteroatoms. The van der Waals surface area contributed by atoms with Crippen LogP contribution in [0.15, 0.2) is 0 Å². The van der Waals surface area contributed by atoms with Crippen molar-refractivity contribution < 1.29 is 15.1 Å². The normalized spacial score (nSPS) is 10.7. The smallest absolute Gasteiger partial charge is 0.121 e. The average Bonchev–Trinajstić information content (AvgIpc) is 1.91. The number of hydroxylamine groups is 2. The summed E-state index contributed by atoms with van der Waals surface area (Å²) >= 11 is 0. The summed E-state index contributed by atoms with van der Waals surface area (Å²) in [5, 5.41) is 17.9. The van der Waals surface area contributed by atoms with E-state index < -0.39 is 0 Å². The summed E-state index contributed by atoms with van der Waals surface area (Å²) in [5.74, 6) is 0. The molecule has 0 radical (unpaired) electrons. The van der Waals surface area contributed by atoms with Crippen LogP contribution in [0.3, 0.4) is 0 Å². The van der Waals surface area contributed by atoms with Gasteiger partial charge in [0, 0.05) is 0 Å². The number of hydrogen-bond donors (Lipinski definition) is 2. The highest BCUT2D eigenvalue weighted by molar-refractivity contribution is 4.23. The molecular formula is C5H13NO3. The molecule has 0 aromatic carbocycles. The van der Waals surface area contributed by atoms with Crippen LogP contribution in [0.1, 0.15) is 13.3 Å². The summed E-state index contributed by atoms with van der Waals surface area (Å²) in [6, 6.07) is 0. The minimum absolute atomic E-state index is 0.267. The third kappa shape index (κ3) is 4.35. The quantitative estimate of drug-likeness (QED) is 0.395. The second-order valence-corrected chi connectivity index (χ2v) is 1.60. The first kappa shape index (κ1) is 8.84. The fourth-order valence-corrected chi connectivity index (χ4v) is 0.347. The molecule has 0 saturated carbocycles. The molecule has 0 aliphatic carbocycles. The SMILES string of the molecule is CCCON(CO)CO. The van der Waals surface area contributed by atoms with E-state index in [1.54, 1.807) is 0 Å². The van der Waals surface area contributed by atoms with Crippen molar-refractivity contribution >= 4 is 0 Å². The lowest BCUT2D eigenvalue weighted by atomic mass is 10.5. The first-order valence-corrected chi connectivity index (χ1v) is 2.94. The van der Waals surface area contributed by atoms with Crippen LogP contribution in [0, 0.1) is 0 Å². The Labute approximate surface area is 54.6 Å². The van der Waals surface area contributed by atoms with E-state index >= 15 is 0 Å². The van der Waals surface area contributed by atoms with Crippen molar-refractivity contribution in [3.05, 3.63) is 0 Å². The fraction of sp³-hybridized carbons (Fsp3) is 1.00. The molecule has 0 saturated heterocycles. The third-order valence-corrected chi connectivity index (χ3v) is 0.793. The largest absolute Gasteiger partial charge is 0.379 e. The van der Waals surface area contributed by atoms with Gasteiger partial charge in [0.2, 0.25) is 0 Å². The Bertz CT molecular complexity index is 56.2. The molecule has 2 N–H and O–H groups in total. The van der Waals surface area contributed by atoms with Gasteiger partial charge in [-0.05, 0) is 6.42 Å². The maximum atomic E-state index is 8.39. The van der Waals surface area contributed by atoms with Gasteiger partial charge in [0.15, 0.2) is 0 Å². The van der Waals surface area contributed by atoms with Crippen molar-refractivity contribution in [2.75, 3.05) is 20.1 Å². The molecule has 0 aliphatic heterocycles. The zero-order valence-electron chi connectivity index (χ0n) is 5.58. The number of rotatable bonds is 5. The van der Waals surface area contributed by atoms with Crippen LogP contribution in [0.25, 0.3) is 0 Å². The van der Waals surface area contributed by atoms with Gasteiger partial charge in [-0.15, -0.1) is 5.06 Å². The molecule has 9 heavy (non-hydrogen) atoms. The summed E-state index contributed by atoms with van der Waals surface area (Å²) in [6.45, 7) is 1.95. The van der Waals surface area contributed by atoms with E-state index in [4.69, 9.17) is 15.1 Å². The predicted molar refractivity (Wildman–Crippen MR) is 32.3 cm³/mol. The minimum Gasteiger partial charge on any atom is -0.379 e. The summed E-state index contributed by atoms with van der Waals surface area (Å²) in [4.78, 5) is 4.82. The molecule has 0 unspecified atom stereocenters. The molecule has 4 nitrogen and oxygen atoms in total. The molecule has 56 valence electrons. The molecule has 0 aliphatic rings. The van der Waals surface area contributed by atoms with Gasteiger partial charge in [-0.1, -0.05) is 6.92 Å². The molecule has 0 aromatic heterocycles. The fourth-order valence-electron chi connectivity index (χ4n) is 0.347. The molecule has 0 amide bonds. The molecular weight excluding hydrogens is 122 g/mol. The number of aliphatic hydroxyl groups is 2. The lowest BCUT2D eigenvalue weighted by Crippen LogP contribution is -2.26. The first-order valence-electron chi connectivity index (χ1n) is 2.94. The van der Waals surface area contributed by atoms with Crippen molar-refractivity contribution in [1.29, 1.82) is 0 Å². The molecule has 0 heterocycles. The zero-order valence-corrected chi connectivity index (χ0v) is 5.58. The second kappa shape index (κ2) is 5.97. The van der Waals surface area contributed by atoms with Crippen molar-refractivity contribution in [2.45, 2.75) is 13.3 Å². The lowest BCUT2D eigenvalue weighted by molar-refractivity contribution is -0.228. The van der Waals surface area contributed by atoms with Gasteiger partial charge in [-0.25, -0.2) is 0 Å². The number of aliphatic hydroxyl groups excluding tert-OH is 2. The number of hydrogen-bond acceptors (Lipinski definition) is 4. The Balaban J connectivity index is 3.09. The van der Waals surface area contributed by atoms with Crippen LogP contribution in [0.2, 0.25) is 0 Å². The topological polar surface area (TPSA) is 52.9 Å². The Morgan fingerprint density at radius 2 is 1.89 bits per heavy atom. The van der Waals surface area contributed by atoms with Crippen LogP contribution >= 0.6 is 0 Å². The van der Waals surface area contributed by atoms with Crippen LogP contribution in [-0.4, -0.2) is 35.3 Å². The highest BCUT2D eigenvalue weighted by Gasteiger charge is 1.97. The molecule has 0 spiro atoms. The van der Waals surface area contributed by atoms with Crippen molar-refractivity contribution in [3.63, 3.8) is 0 Å². The van der Waals surface area contributed by atoms with E-state index in [9.17, 15) is 0 Å². The minimum atomic E-state index is -0.267. The van der Waals surface area contributed by atoms with Gasteiger partial charge in [-0.3, -0.25) is 4.84 Å². The lowest BCUT2D eigenvalue weighted by Gasteiger charge is -2.14. The molecule has 0 rings (SSSR count). The van der Waals surface area contributed by atoms with Crippen molar-refractivity contribution in [3.8, 4) is 0 Å². The standard InChI is InChI=1S/C5H13NO3/c1-2-3-9-6(4-7)5-8/h7-8H,2-5H2,1H3. The van der Waals surface area contributed by atoms with Gasteiger partial charge in [0.1, 0.15) is 13.5 Å². The Morgan fingerprint density at radius 3 is 2.22 bits per heavy atom. The van der Waals surface area contributed by atoms with Gasteiger partial charge in [0.25, 0.3) is 0 Å². The van der Waals surface area contributed by atoms with Gasteiger partial charge in [0.05, 0.1) is 6.61 Å². The maximum Gasteiger partial charge on any atom is 0.121 e. The van der Waals surface area contributed by atoms with E-state index in [0.717, 1.165) is 11.5 Å². The Kier molecular flexibility index (Phi) is 5.86. The van der Waals surface area contributed by atoms with Crippen LogP contribution in [0.4, 0.5) is 0 Å². The van der Waals surface area contributed by atoms with Crippen molar-refractivity contribution in [2.24, 2.45) is 0 Å². The highest BCUT2D eigenvalue weighted by Crippen LogP contribution is 1.86. The first-order chi connectivity index (χ1) is 4.35. The monoisotopic (exact) mass is 135 g/mol. The maximum absolute atomic E-state index is 8.39. The third-order valence-electron chi connectivity index (χ3n) is 0.793.